The lowest BCUT2D eigenvalue weighted by Crippen LogP contribution is -2.24. The third-order valence-corrected chi connectivity index (χ3v) is 2.56. The molecular weight excluding hydrogens is 192 g/mol. The minimum atomic E-state index is 0.177. The van der Waals surface area contributed by atoms with E-state index in [1.807, 2.05) is 6.07 Å². The Morgan fingerprint density at radius 1 is 1.60 bits per heavy atom. The molecule has 0 N–H and O–H groups in total. The average Bonchev–Trinajstić information content (AvgIpc) is 2.58. The van der Waals surface area contributed by atoms with Crippen LogP contribution in [-0.4, -0.2) is 24.5 Å². The first-order chi connectivity index (χ1) is 7.20. The van der Waals surface area contributed by atoms with Gasteiger partial charge in [-0.1, -0.05) is 6.92 Å². The van der Waals surface area contributed by atoms with Gasteiger partial charge in [-0.15, -0.1) is 0 Å². The summed E-state index contributed by atoms with van der Waals surface area (Å²) < 4.78 is 5.03. The van der Waals surface area contributed by atoms with E-state index in [4.69, 9.17) is 4.74 Å². The largest absolute Gasteiger partial charge is 0.481 e. The van der Waals surface area contributed by atoms with Gasteiger partial charge in [-0.05, 0) is 12.0 Å². The lowest BCUT2D eigenvalue weighted by molar-refractivity contribution is -0.117. The number of rotatable bonds is 2. The van der Waals surface area contributed by atoms with Crippen molar-refractivity contribution < 1.29 is 9.53 Å². The topological polar surface area (TPSA) is 42.4 Å². The number of ether oxygens (including phenoxy) is 1. The molecule has 0 radical (unpaired) electrons. The van der Waals surface area contributed by atoms with Gasteiger partial charge < -0.3 is 9.64 Å². The van der Waals surface area contributed by atoms with Gasteiger partial charge in [0.05, 0.1) is 12.8 Å². The summed E-state index contributed by atoms with van der Waals surface area (Å²) in [6.07, 6.45) is 2.29. The Hall–Kier alpha value is -1.58. The number of aromatic nitrogens is 1. The van der Waals surface area contributed by atoms with Crippen molar-refractivity contribution in [2.75, 3.05) is 18.6 Å². The zero-order valence-electron chi connectivity index (χ0n) is 8.93. The fourth-order valence-corrected chi connectivity index (χ4v) is 1.81. The number of carbonyl (C=O) groups excluding carboxylic acids is 1. The van der Waals surface area contributed by atoms with Gasteiger partial charge in [-0.3, -0.25) is 4.79 Å². The summed E-state index contributed by atoms with van der Waals surface area (Å²) in [5, 5.41) is 0. The number of nitrogens with zero attached hydrogens (tertiary/aromatic N) is 2. The molecule has 1 aliphatic heterocycles. The zero-order valence-corrected chi connectivity index (χ0v) is 8.93. The Morgan fingerprint density at radius 3 is 3.00 bits per heavy atom. The van der Waals surface area contributed by atoms with Crippen LogP contribution in [0, 0.1) is 5.92 Å². The van der Waals surface area contributed by atoms with Crippen molar-refractivity contribution in [3.63, 3.8) is 0 Å². The van der Waals surface area contributed by atoms with Crippen molar-refractivity contribution in [2.24, 2.45) is 5.92 Å². The van der Waals surface area contributed by atoms with E-state index < -0.39 is 0 Å². The third kappa shape index (κ3) is 1.93. The number of amides is 1. The van der Waals surface area contributed by atoms with Crippen molar-refractivity contribution >= 4 is 11.6 Å². The molecule has 1 aromatic heterocycles. The summed E-state index contributed by atoms with van der Waals surface area (Å²) in [6.45, 7) is 2.86. The molecule has 80 valence electrons. The predicted octanol–water partition coefficient (Wildman–Crippen LogP) is 1.46. The van der Waals surface area contributed by atoms with Crippen LogP contribution in [0.25, 0.3) is 0 Å². The highest BCUT2D eigenvalue weighted by Crippen LogP contribution is 2.26. The van der Waals surface area contributed by atoms with Gasteiger partial charge in [0.1, 0.15) is 0 Å². The maximum atomic E-state index is 11.6. The quantitative estimate of drug-likeness (QED) is 0.735. The first-order valence-electron chi connectivity index (χ1n) is 5.01. The summed E-state index contributed by atoms with van der Waals surface area (Å²) >= 11 is 0. The molecule has 0 aromatic carbocycles. The van der Waals surface area contributed by atoms with Gasteiger partial charge in [0.2, 0.25) is 11.8 Å². The molecule has 15 heavy (non-hydrogen) atoms. The molecule has 1 amide bonds. The van der Waals surface area contributed by atoms with E-state index >= 15 is 0 Å². The van der Waals surface area contributed by atoms with Crippen molar-refractivity contribution in [3.05, 3.63) is 18.3 Å². The second kappa shape index (κ2) is 3.88. The molecule has 1 aromatic rings. The Balaban J connectivity index is 2.25. The molecule has 1 aliphatic rings. The Bertz CT molecular complexity index is 379. The number of methoxy groups -OCH3 is 1. The minimum absolute atomic E-state index is 0.177. The highest BCUT2D eigenvalue weighted by Gasteiger charge is 2.27. The molecule has 1 fully saturated rings. The molecule has 0 bridgehead atoms. The van der Waals surface area contributed by atoms with Crippen LogP contribution in [0.5, 0.6) is 5.88 Å². The van der Waals surface area contributed by atoms with Gasteiger partial charge in [0, 0.05) is 25.2 Å². The lowest BCUT2D eigenvalue weighted by Gasteiger charge is -2.16. The van der Waals surface area contributed by atoms with Crippen LogP contribution in [0.2, 0.25) is 0 Å². The Labute approximate surface area is 88.9 Å². The number of anilines is 1. The van der Waals surface area contributed by atoms with Crippen molar-refractivity contribution in [1.82, 2.24) is 4.98 Å². The van der Waals surface area contributed by atoms with Gasteiger partial charge in [0.25, 0.3) is 0 Å². The SMILES string of the molecule is COc1cc(N2CC(C)CC2=O)ccn1. The second-order valence-electron chi connectivity index (χ2n) is 3.87. The monoisotopic (exact) mass is 206 g/mol. The summed E-state index contributed by atoms with van der Waals surface area (Å²) in [5.74, 6) is 1.15. The van der Waals surface area contributed by atoms with E-state index in [1.54, 1.807) is 24.3 Å². The fourth-order valence-electron chi connectivity index (χ4n) is 1.81. The standard InChI is InChI=1S/C11H14N2O2/c1-8-5-11(14)13(7-8)9-3-4-12-10(6-9)15-2/h3-4,6,8H,5,7H2,1-2H3. The molecule has 0 aliphatic carbocycles. The molecule has 0 spiro atoms. The minimum Gasteiger partial charge on any atom is -0.481 e. The molecule has 0 saturated carbocycles. The molecule has 1 unspecified atom stereocenters. The van der Waals surface area contributed by atoms with Gasteiger partial charge in [0.15, 0.2) is 0 Å². The smallest absolute Gasteiger partial charge is 0.227 e. The molecule has 1 saturated heterocycles. The van der Waals surface area contributed by atoms with Gasteiger partial charge >= 0.3 is 0 Å². The van der Waals surface area contributed by atoms with E-state index in [-0.39, 0.29) is 5.91 Å². The van der Waals surface area contributed by atoms with Crippen LogP contribution < -0.4 is 9.64 Å². The maximum absolute atomic E-state index is 11.6. The Kier molecular flexibility index (Phi) is 2.58. The van der Waals surface area contributed by atoms with Gasteiger partial charge in [-0.2, -0.15) is 0 Å². The molecule has 1 atom stereocenters. The van der Waals surface area contributed by atoms with Crippen molar-refractivity contribution in [2.45, 2.75) is 13.3 Å². The lowest BCUT2D eigenvalue weighted by atomic mass is 10.2. The molecule has 2 heterocycles. The third-order valence-electron chi connectivity index (χ3n) is 2.56. The van der Waals surface area contributed by atoms with E-state index in [0.717, 1.165) is 12.2 Å². The summed E-state index contributed by atoms with van der Waals surface area (Å²) in [4.78, 5) is 17.4. The maximum Gasteiger partial charge on any atom is 0.227 e. The van der Waals surface area contributed by atoms with Crippen LogP contribution in [-0.2, 0) is 4.79 Å². The van der Waals surface area contributed by atoms with E-state index in [0.29, 0.717) is 18.2 Å². The summed E-state index contributed by atoms with van der Waals surface area (Å²) in [6, 6.07) is 3.62. The van der Waals surface area contributed by atoms with Gasteiger partial charge in [-0.25, -0.2) is 4.98 Å². The molecular formula is C11H14N2O2. The van der Waals surface area contributed by atoms with Crippen LogP contribution >= 0.6 is 0 Å². The van der Waals surface area contributed by atoms with Crippen LogP contribution in [0.4, 0.5) is 5.69 Å². The van der Waals surface area contributed by atoms with Crippen molar-refractivity contribution in [1.29, 1.82) is 0 Å². The predicted molar refractivity (Wildman–Crippen MR) is 56.9 cm³/mol. The number of pyridine rings is 1. The summed E-state index contributed by atoms with van der Waals surface area (Å²) in [5.41, 5.74) is 0.871. The highest BCUT2D eigenvalue weighted by molar-refractivity contribution is 5.95. The van der Waals surface area contributed by atoms with Crippen molar-refractivity contribution in [3.8, 4) is 5.88 Å². The van der Waals surface area contributed by atoms with E-state index in [9.17, 15) is 4.79 Å². The molecule has 4 nitrogen and oxygen atoms in total. The van der Waals surface area contributed by atoms with E-state index in [2.05, 4.69) is 11.9 Å². The molecule has 2 rings (SSSR count). The zero-order chi connectivity index (χ0) is 10.8. The normalized spacial score (nSPS) is 20.8. The highest BCUT2D eigenvalue weighted by atomic mass is 16.5. The van der Waals surface area contributed by atoms with Crippen LogP contribution in [0.1, 0.15) is 13.3 Å². The number of hydrogen-bond acceptors (Lipinski definition) is 3. The first kappa shape index (κ1) is 9.96. The number of carbonyl (C=O) groups is 1. The second-order valence-corrected chi connectivity index (χ2v) is 3.87. The summed E-state index contributed by atoms with van der Waals surface area (Å²) in [7, 11) is 1.57. The van der Waals surface area contributed by atoms with E-state index in [1.165, 1.54) is 0 Å². The Morgan fingerprint density at radius 2 is 2.40 bits per heavy atom. The van der Waals surface area contributed by atoms with Crippen LogP contribution in [0.3, 0.4) is 0 Å². The number of hydrogen-bond donors (Lipinski definition) is 0. The molecule has 4 heteroatoms. The first-order valence-corrected chi connectivity index (χ1v) is 5.01. The van der Waals surface area contributed by atoms with Crippen LogP contribution in [0.15, 0.2) is 18.3 Å². The average molecular weight is 206 g/mol. The fraction of sp³-hybridized carbons (Fsp3) is 0.455.